The molecule has 2 nitrogen and oxygen atoms in total. The topological polar surface area (TPSA) is 25.8 Å². The van der Waals surface area contributed by atoms with E-state index >= 15 is 0 Å². The molecule has 1 aromatic carbocycles. The van der Waals surface area contributed by atoms with E-state index in [0.29, 0.717) is 0 Å². The summed E-state index contributed by atoms with van der Waals surface area (Å²) in [6.07, 6.45) is 8.04. The predicted molar refractivity (Wildman–Crippen MR) is 111 cm³/mol. The second-order valence-electron chi connectivity index (χ2n) is 8.25. The van der Waals surface area contributed by atoms with Gasteiger partial charge in [-0.05, 0) is 79.6 Å². The SMILES string of the molecule is CCc1ccnc(-c2cc3c(cc2C)C2(CCCC2)c2nc(C)ccc2-3)c1. The summed E-state index contributed by atoms with van der Waals surface area (Å²) in [6.45, 7) is 6.55. The molecule has 0 N–H and O–H groups in total. The van der Waals surface area contributed by atoms with Crippen molar-refractivity contribution in [2.75, 3.05) is 0 Å². The smallest absolute Gasteiger partial charge is 0.0707 e. The molecule has 0 atom stereocenters. The van der Waals surface area contributed by atoms with Crippen LogP contribution in [0.5, 0.6) is 0 Å². The largest absolute Gasteiger partial charge is 0.257 e. The summed E-state index contributed by atoms with van der Waals surface area (Å²) in [7, 11) is 0. The zero-order chi connectivity index (χ0) is 18.6. The molecule has 2 heterocycles. The number of hydrogen-bond acceptors (Lipinski definition) is 2. The van der Waals surface area contributed by atoms with E-state index in [4.69, 9.17) is 4.98 Å². The lowest BCUT2D eigenvalue weighted by Crippen LogP contribution is -2.22. The molecule has 5 rings (SSSR count). The molecule has 0 unspecified atom stereocenters. The Morgan fingerprint density at radius 2 is 1.74 bits per heavy atom. The van der Waals surface area contributed by atoms with Crippen LogP contribution in [-0.2, 0) is 11.8 Å². The third kappa shape index (κ3) is 2.39. The molecule has 3 aromatic rings. The average molecular weight is 354 g/mol. The van der Waals surface area contributed by atoms with Gasteiger partial charge in [0.25, 0.3) is 0 Å². The average Bonchev–Trinajstić information content (AvgIpc) is 3.27. The van der Waals surface area contributed by atoms with Gasteiger partial charge in [0.2, 0.25) is 0 Å². The molecule has 0 amide bonds. The van der Waals surface area contributed by atoms with Crippen molar-refractivity contribution >= 4 is 0 Å². The van der Waals surface area contributed by atoms with E-state index in [1.165, 1.54) is 64.8 Å². The van der Waals surface area contributed by atoms with E-state index in [1.807, 2.05) is 6.20 Å². The number of rotatable bonds is 2. The van der Waals surface area contributed by atoms with Crippen molar-refractivity contribution in [2.45, 2.75) is 58.3 Å². The van der Waals surface area contributed by atoms with Gasteiger partial charge in [-0.25, -0.2) is 0 Å². The van der Waals surface area contributed by atoms with Crippen molar-refractivity contribution in [3.8, 4) is 22.4 Å². The Morgan fingerprint density at radius 1 is 0.926 bits per heavy atom. The van der Waals surface area contributed by atoms with Crippen LogP contribution in [-0.4, -0.2) is 9.97 Å². The lowest BCUT2D eigenvalue weighted by molar-refractivity contribution is 0.532. The van der Waals surface area contributed by atoms with Crippen LogP contribution in [0.4, 0.5) is 0 Å². The van der Waals surface area contributed by atoms with Gasteiger partial charge in [0.15, 0.2) is 0 Å². The quantitative estimate of drug-likeness (QED) is 0.550. The number of aromatic nitrogens is 2. The highest BCUT2D eigenvalue weighted by Gasteiger charge is 2.46. The highest BCUT2D eigenvalue weighted by atomic mass is 14.8. The van der Waals surface area contributed by atoms with Crippen molar-refractivity contribution in [1.82, 2.24) is 9.97 Å². The maximum Gasteiger partial charge on any atom is 0.0707 e. The Balaban J connectivity index is 1.76. The van der Waals surface area contributed by atoms with Crippen LogP contribution in [0.15, 0.2) is 42.6 Å². The summed E-state index contributed by atoms with van der Waals surface area (Å²) in [4.78, 5) is 9.73. The summed E-state index contributed by atoms with van der Waals surface area (Å²) in [6, 6.07) is 13.6. The molecule has 2 heteroatoms. The molecule has 1 saturated carbocycles. The Labute approximate surface area is 161 Å². The first kappa shape index (κ1) is 16.7. The fourth-order valence-electron chi connectivity index (χ4n) is 5.20. The van der Waals surface area contributed by atoms with Gasteiger partial charge in [0, 0.05) is 28.4 Å². The Morgan fingerprint density at radius 3 is 2.52 bits per heavy atom. The van der Waals surface area contributed by atoms with Gasteiger partial charge in [-0.2, -0.15) is 0 Å². The monoisotopic (exact) mass is 354 g/mol. The molecule has 1 spiro atoms. The third-order valence-electron chi connectivity index (χ3n) is 6.62. The Bertz CT molecular complexity index is 1040. The first-order valence-corrected chi connectivity index (χ1v) is 10.2. The molecule has 2 aromatic heterocycles. The van der Waals surface area contributed by atoms with Gasteiger partial charge in [-0.15, -0.1) is 0 Å². The molecule has 2 aliphatic rings. The van der Waals surface area contributed by atoms with Crippen LogP contribution >= 0.6 is 0 Å². The minimum Gasteiger partial charge on any atom is -0.257 e. The summed E-state index contributed by atoms with van der Waals surface area (Å²) >= 11 is 0. The maximum atomic E-state index is 5.05. The molecular weight excluding hydrogens is 328 g/mol. The van der Waals surface area contributed by atoms with Crippen molar-refractivity contribution < 1.29 is 0 Å². The van der Waals surface area contributed by atoms with Gasteiger partial charge in [0.1, 0.15) is 0 Å². The van der Waals surface area contributed by atoms with Crippen LogP contribution < -0.4 is 0 Å². The Kier molecular flexibility index (Phi) is 3.72. The van der Waals surface area contributed by atoms with Crippen molar-refractivity contribution in [1.29, 1.82) is 0 Å². The zero-order valence-electron chi connectivity index (χ0n) is 16.5. The molecule has 27 heavy (non-hydrogen) atoms. The van der Waals surface area contributed by atoms with E-state index in [2.05, 4.69) is 62.2 Å². The highest BCUT2D eigenvalue weighted by Crippen LogP contribution is 2.57. The van der Waals surface area contributed by atoms with E-state index in [-0.39, 0.29) is 5.41 Å². The molecule has 2 aliphatic carbocycles. The van der Waals surface area contributed by atoms with E-state index in [0.717, 1.165) is 17.8 Å². The minimum atomic E-state index is 0.138. The van der Waals surface area contributed by atoms with Crippen molar-refractivity contribution in [3.63, 3.8) is 0 Å². The van der Waals surface area contributed by atoms with Gasteiger partial charge >= 0.3 is 0 Å². The summed E-state index contributed by atoms with van der Waals surface area (Å²) < 4.78 is 0. The molecule has 0 bridgehead atoms. The standard InChI is InChI=1S/C25H26N2/c1-4-18-9-12-26-23(14-18)20-15-21-19-8-7-17(3)27-24(19)25(10-5-6-11-25)22(21)13-16(20)2/h7-9,12-15H,4-6,10-11H2,1-3H3. The fourth-order valence-corrected chi connectivity index (χ4v) is 5.20. The number of benzene rings is 1. The molecule has 136 valence electrons. The van der Waals surface area contributed by atoms with Crippen LogP contribution in [0, 0.1) is 13.8 Å². The van der Waals surface area contributed by atoms with E-state index in [9.17, 15) is 0 Å². The number of nitrogens with zero attached hydrogens (tertiary/aromatic N) is 2. The number of pyridine rings is 2. The van der Waals surface area contributed by atoms with Gasteiger partial charge in [0.05, 0.1) is 11.4 Å². The molecule has 0 radical (unpaired) electrons. The molecule has 1 fully saturated rings. The molecular formula is C25H26N2. The second kappa shape index (κ2) is 6.02. The number of aryl methyl sites for hydroxylation is 3. The van der Waals surface area contributed by atoms with Crippen molar-refractivity contribution in [3.05, 3.63) is 70.7 Å². The Hall–Kier alpha value is -2.48. The fraction of sp³-hybridized carbons (Fsp3) is 0.360. The summed E-state index contributed by atoms with van der Waals surface area (Å²) in [5, 5.41) is 0. The lowest BCUT2D eigenvalue weighted by atomic mass is 9.78. The lowest BCUT2D eigenvalue weighted by Gasteiger charge is -2.26. The highest BCUT2D eigenvalue weighted by molar-refractivity contribution is 5.84. The van der Waals surface area contributed by atoms with Gasteiger partial charge in [-0.1, -0.05) is 31.9 Å². The van der Waals surface area contributed by atoms with Crippen molar-refractivity contribution in [2.24, 2.45) is 0 Å². The summed E-state index contributed by atoms with van der Waals surface area (Å²) in [5.41, 5.74) is 11.8. The van der Waals surface area contributed by atoms with E-state index in [1.54, 1.807) is 0 Å². The van der Waals surface area contributed by atoms with Gasteiger partial charge < -0.3 is 0 Å². The van der Waals surface area contributed by atoms with E-state index < -0.39 is 0 Å². The zero-order valence-corrected chi connectivity index (χ0v) is 16.5. The minimum absolute atomic E-state index is 0.138. The first-order valence-electron chi connectivity index (χ1n) is 10.2. The molecule has 0 saturated heterocycles. The van der Waals surface area contributed by atoms with Crippen LogP contribution in [0.25, 0.3) is 22.4 Å². The maximum absolute atomic E-state index is 5.05. The predicted octanol–water partition coefficient (Wildman–Crippen LogP) is 6.16. The number of hydrogen-bond donors (Lipinski definition) is 0. The van der Waals surface area contributed by atoms with Crippen LogP contribution in [0.3, 0.4) is 0 Å². The second-order valence-corrected chi connectivity index (χ2v) is 8.25. The third-order valence-corrected chi connectivity index (χ3v) is 6.62. The van der Waals surface area contributed by atoms with Gasteiger partial charge in [-0.3, -0.25) is 9.97 Å². The first-order chi connectivity index (χ1) is 13.1. The molecule has 0 aliphatic heterocycles. The van der Waals surface area contributed by atoms with Crippen LogP contribution in [0.1, 0.15) is 60.7 Å². The van der Waals surface area contributed by atoms with Crippen LogP contribution in [0.2, 0.25) is 0 Å². The normalized spacial score (nSPS) is 16.6. The summed E-state index contributed by atoms with van der Waals surface area (Å²) in [5.74, 6) is 0. The number of fused-ring (bicyclic) bond motifs is 5.